The third kappa shape index (κ3) is 1.13. The van der Waals surface area contributed by atoms with E-state index in [-0.39, 0.29) is 5.78 Å². The van der Waals surface area contributed by atoms with E-state index in [4.69, 9.17) is 0 Å². The molecule has 0 heterocycles. The second kappa shape index (κ2) is 3.26. The van der Waals surface area contributed by atoms with E-state index in [2.05, 4.69) is 13.8 Å². The fourth-order valence-electron chi connectivity index (χ4n) is 1.83. The minimum atomic E-state index is 0.287. The lowest BCUT2D eigenvalue weighted by atomic mass is 10.1. The summed E-state index contributed by atoms with van der Waals surface area (Å²) in [5.41, 5.74) is 4.45. The predicted octanol–water partition coefficient (Wildman–Crippen LogP) is 3.02. The largest absolute Gasteiger partial charge is 0.289 e. The van der Waals surface area contributed by atoms with Gasteiger partial charge < -0.3 is 0 Å². The Morgan fingerprint density at radius 2 is 1.25 bits per heavy atom. The molecule has 1 nitrogen and oxygen atoms in total. The maximum Gasteiger partial charge on any atom is 0.185 e. The van der Waals surface area contributed by atoms with Crippen LogP contribution in [0, 0.1) is 0 Å². The summed E-state index contributed by atoms with van der Waals surface area (Å²) in [5.74, 6) is 0.287. The highest BCUT2D eigenvalue weighted by Gasteiger charge is 2.24. The van der Waals surface area contributed by atoms with Gasteiger partial charge in [-0.2, -0.15) is 0 Å². The Balaban J connectivity index is 3.11. The minimum Gasteiger partial charge on any atom is -0.289 e. The number of ketones is 1. The molecule has 0 saturated carbocycles. The molecule has 0 unspecified atom stereocenters. The molecule has 1 aliphatic carbocycles. The van der Waals surface area contributed by atoms with Crippen LogP contribution in [0.2, 0.25) is 0 Å². The van der Waals surface area contributed by atoms with Gasteiger partial charge in [-0.05, 0) is 37.8 Å². The maximum absolute atomic E-state index is 11.7. The highest BCUT2D eigenvalue weighted by atomic mass is 16.1. The smallest absolute Gasteiger partial charge is 0.185 e. The summed E-state index contributed by atoms with van der Waals surface area (Å²) in [5, 5.41) is 0. The van der Waals surface area contributed by atoms with E-state index in [1.165, 1.54) is 11.1 Å². The molecular weight excluding hydrogens is 148 g/mol. The average molecular weight is 164 g/mol. The number of carbonyl (C=O) groups is 1. The third-order valence-electron chi connectivity index (χ3n) is 2.72. The van der Waals surface area contributed by atoms with Crippen molar-refractivity contribution in [2.45, 2.75) is 40.5 Å². The van der Waals surface area contributed by atoms with E-state index >= 15 is 0 Å². The third-order valence-corrected chi connectivity index (χ3v) is 2.72. The van der Waals surface area contributed by atoms with Crippen LogP contribution in [0.4, 0.5) is 0 Å². The van der Waals surface area contributed by atoms with E-state index in [0.717, 1.165) is 24.0 Å². The molecule has 0 fully saturated rings. The zero-order valence-electron chi connectivity index (χ0n) is 8.32. The Kier molecular flexibility index (Phi) is 2.51. The molecule has 1 rings (SSSR count). The summed E-state index contributed by atoms with van der Waals surface area (Å²) < 4.78 is 0. The van der Waals surface area contributed by atoms with Crippen molar-refractivity contribution in [3.05, 3.63) is 22.3 Å². The first-order valence-electron chi connectivity index (χ1n) is 4.58. The molecule has 0 atom stereocenters. The van der Waals surface area contributed by atoms with Gasteiger partial charge >= 0.3 is 0 Å². The first-order valence-corrected chi connectivity index (χ1v) is 4.58. The molecule has 12 heavy (non-hydrogen) atoms. The molecule has 1 aliphatic rings. The van der Waals surface area contributed by atoms with Gasteiger partial charge in [-0.25, -0.2) is 0 Å². The van der Waals surface area contributed by atoms with Gasteiger partial charge in [0.15, 0.2) is 5.78 Å². The van der Waals surface area contributed by atoms with Crippen LogP contribution < -0.4 is 0 Å². The van der Waals surface area contributed by atoms with Gasteiger partial charge in [0.05, 0.1) is 0 Å². The Morgan fingerprint density at radius 3 is 1.42 bits per heavy atom. The zero-order chi connectivity index (χ0) is 9.30. The fraction of sp³-hybridized carbons (Fsp3) is 0.545. The van der Waals surface area contributed by atoms with Crippen molar-refractivity contribution in [3.8, 4) is 0 Å². The molecule has 0 aliphatic heterocycles. The Hall–Kier alpha value is -0.850. The molecule has 0 aromatic heterocycles. The fourth-order valence-corrected chi connectivity index (χ4v) is 1.83. The standard InChI is InChI=1S/C11H16O/c1-5-9-7(3)8(4)10(6-2)11(9)12/h5-6H2,1-4H3. The van der Waals surface area contributed by atoms with Crippen molar-refractivity contribution in [1.29, 1.82) is 0 Å². The van der Waals surface area contributed by atoms with E-state index in [1.54, 1.807) is 0 Å². The maximum atomic E-state index is 11.7. The SMILES string of the molecule is CCC1=C(C)C(C)=C(CC)C1=O. The van der Waals surface area contributed by atoms with Crippen LogP contribution in [0.15, 0.2) is 22.3 Å². The minimum absolute atomic E-state index is 0.287. The number of Topliss-reactive ketones (excluding diaryl/α,β-unsaturated/α-hetero) is 1. The molecule has 0 saturated heterocycles. The lowest BCUT2D eigenvalue weighted by molar-refractivity contribution is -0.112. The van der Waals surface area contributed by atoms with E-state index in [0.29, 0.717) is 0 Å². The summed E-state index contributed by atoms with van der Waals surface area (Å²) in [6.07, 6.45) is 1.73. The Bertz CT molecular complexity index is 251. The van der Waals surface area contributed by atoms with Gasteiger partial charge in [0, 0.05) is 11.1 Å². The van der Waals surface area contributed by atoms with Gasteiger partial charge in [-0.15, -0.1) is 0 Å². The number of rotatable bonds is 2. The second-order valence-electron chi connectivity index (χ2n) is 3.24. The summed E-state index contributed by atoms with van der Waals surface area (Å²) in [6.45, 7) is 8.19. The quantitative estimate of drug-likeness (QED) is 0.613. The Labute approximate surface area is 74.2 Å². The summed E-state index contributed by atoms with van der Waals surface area (Å²) in [4.78, 5) is 11.7. The highest BCUT2D eigenvalue weighted by Crippen LogP contribution is 2.31. The van der Waals surface area contributed by atoms with Crippen molar-refractivity contribution in [2.24, 2.45) is 0 Å². The second-order valence-corrected chi connectivity index (χ2v) is 3.24. The predicted molar refractivity (Wildman–Crippen MR) is 51.0 cm³/mol. The summed E-state index contributed by atoms with van der Waals surface area (Å²) in [6, 6.07) is 0. The van der Waals surface area contributed by atoms with Crippen LogP contribution in [-0.4, -0.2) is 5.78 Å². The molecule has 0 aromatic rings. The lowest BCUT2D eigenvalue weighted by Crippen LogP contribution is -2.00. The first-order chi connectivity index (χ1) is 5.63. The van der Waals surface area contributed by atoms with E-state index in [9.17, 15) is 4.79 Å². The van der Waals surface area contributed by atoms with Crippen LogP contribution in [0.3, 0.4) is 0 Å². The summed E-state index contributed by atoms with van der Waals surface area (Å²) in [7, 11) is 0. The van der Waals surface area contributed by atoms with Crippen molar-refractivity contribution in [1.82, 2.24) is 0 Å². The van der Waals surface area contributed by atoms with Gasteiger partial charge in [-0.3, -0.25) is 4.79 Å². The molecule has 0 amide bonds. The van der Waals surface area contributed by atoms with E-state index in [1.807, 2.05) is 13.8 Å². The molecule has 0 aromatic carbocycles. The van der Waals surface area contributed by atoms with Crippen LogP contribution >= 0.6 is 0 Å². The van der Waals surface area contributed by atoms with Crippen molar-refractivity contribution in [2.75, 3.05) is 0 Å². The van der Waals surface area contributed by atoms with Gasteiger partial charge in [-0.1, -0.05) is 13.8 Å². The zero-order valence-corrected chi connectivity index (χ0v) is 8.32. The van der Waals surface area contributed by atoms with Crippen molar-refractivity contribution < 1.29 is 4.79 Å². The monoisotopic (exact) mass is 164 g/mol. The molecule has 0 spiro atoms. The highest BCUT2D eigenvalue weighted by molar-refractivity contribution is 6.13. The molecule has 66 valence electrons. The van der Waals surface area contributed by atoms with Crippen LogP contribution in [0.25, 0.3) is 0 Å². The van der Waals surface area contributed by atoms with E-state index < -0.39 is 0 Å². The molecule has 0 bridgehead atoms. The van der Waals surface area contributed by atoms with Crippen molar-refractivity contribution >= 4 is 5.78 Å². The van der Waals surface area contributed by atoms with Gasteiger partial charge in [0.1, 0.15) is 0 Å². The molecular formula is C11H16O. The Morgan fingerprint density at radius 1 is 0.917 bits per heavy atom. The van der Waals surface area contributed by atoms with Crippen molar-refractivity contribution in [3.63, 3.8) is 0 Å². The first kappa shape index (κ1) is 9.24. The number of carbonyl (C=O) groups excluding carboxylic acids is 1. The van der Waals surface area contributed by atoms with Crippen LogP contribution in [-0.2, 0) is 4.79 Å². The normalized spacial score (nSPS) is 18.2. The number of allylic oxidation sites excluding steroid dienone is 4. The molecule has 0 N–H and O–H groups in total. The van der Waals surface area contributed by atoms with Gasteiger partial charge in [0.25, 0.3) is 0 Å². The number of hydrogen-bond acceptors (Lipinski definition) is 1. The van der Waals surface area contributed by atoms with Gasteiger partial charge in [0.2, 0.25) is 0 Å². The molecule has 0 radical (unpaired) electrons. The average Bonchev–Trinajstić information content (AvgIpc) is 2.25. The molecule has 1 heteroatoms. The lowest BCUT2D eigenvalue weighted by Gasteiger charge is -1.98. The van der Waals surface area contributed by atoms with Crippen LogP contribution in [0.5, 0.6) is 0 Å². The summed E-state index contributed by atoms with van der Waals surface area (Å²) >= 11 is 0. The topological polar surface area (TPSA) is 17.1 Å². The number of hydrogen-bond donors (Lipinski definition) is 0. The van der Waals surface area contributed by atoms with Crippen LogP contribution in [0.1, 0.15) is 40.5 Å².